The molecule has 0 saturated carbocycles. The summed E-state index contributed by atoms with van der Waals surface area (Å²) in [7, 11) is 0. The molecule has 0 rings (SSSR count). The van der Waals surface area contributed by atoms with Gasteiger partial charge in [-0.15, -0.1) is 0 Å². The molecule has 25 heavy (non-hydrogen) atoms. The zero-order chi connectivity index (χ0) is 18.8. The summed E-state index contributed by atoms with van der Waals surface area (Å²) >= 11 is -3.66. The van der Waals surface area contributed by atoms with Crippen molar-refractivity contribution in [1.82, 2.24) is 0 Å². The Bertz CT molecular complexity index is 520. The minimum absolute atomic E-state index is 0.164. The monoisotopic (exact) mass is 410 g/mol. The van der Waals surface area contributed by atoms with E-state index in [1.165, 1.54) is 25.7 Å². The summed E-state index contributed by atoms with van der Waals surface area (Å²) in [6.45, 7) is 2.21. The van der Waals surface area contributed by atoms with Gasteiger partial charge in [0.15, 0.2) is 0 Å². The molecule has 0 aromatic rings. The molecule has 0 aromatic carbocycles. The van der Waals surface area contributed by atoms with Crippen LogP contribution in [0.2, 0.25) is 4.71 Å². The van der Waals surface area contributed by atoms with E-state index in [2.05, 4.69) is 43.4 Å². The van der Waals surface area contributed by atoms with Gasteiger partial charge >= 0.3 is 111 Å². The van der Waals surface area contributed by atoms with E-state index in [1.807, 2.05) is 12.2 Å². The van der Waals surface area contributed by atoms with Gasteiger partial charge in [-0.1, -0.05) is 31.9 Å². The van der Waals surface area contributed by atoms with Crippen molar-refractivity contribution in [3.8, 4) is 0 Å². The van der Waals surface area contributed by atoms with E-state index in [9.17, 15) is 12.3 Å². The molecule has 0 aliphatic heterocycles. The van der Waals surface area contributed by atoms with Crippen LogP contribution >= 0.6 is 0 Å². The van der Waals surface area contributed by atoms with Crippen molar-refractivity contribution in [1.29, 1.82) is 0 Å². The van der Waals surface area contributed by atoms with Gasteiger partial charge in [0.25, 0.3) is 0 Å². The van der Waals surface area contributed by atoms with Gasteiger partial charge in [0.05, 0.1) is 0 Å². The fourth-order valence-corrected chi connectivity index (χ4v) is 3.27. The van der Waals surface area contributed by atoms with Crippen molar-refractivity contribution >= 4 is 20.5 Å². The molecule has 0 bridgehead atoms. The van der Waals surface area contributed by atoms with E-state index in [1.54, 1.807) is 0 Å². The standard InChI is InChI=1S/C20H31AsO4/c1-2-3-4-5-6-7-8-9-10-11-12-13-14-15-16-17-18-19(20(22)23)21(24)25/h6-7,9-10,12-13,15-16,19H,2-5,8,11,14,17-18H2,1H3,(H,22,23)/b7-6-,10-9-,13-12-,16-15-. The summed E-state index contributed by atoms with van der Waals surface area (Å²) in [4.78, 5) is 10.7. The second-order valence-corrected chi connectivity index (χ2v) is 8.31. The summed E-state index contributed by atoms with van der Waals surface area (Å²) in [6, 6.07) is 0. The normalized spacial score (nSPS) is 13.5. The molecule has 4 nitrogen and oxygen atoms in total. The zero-order valence-corrected chi connectivity index (χ0v) is 17.1. The summed E-state index contributed by atoms with van der Waals surface area (Å²) in [5.74, 6) is -1.24. The van der Waals surface area contributed by atoms with Gasteiger partial charge in [-0.2, -0.15) is 0 Å². The third kappa shape index (κ3) is 15.8. The van der Waals surface area contributed by atoms with Crippen LogP contribution < -0.4 is 0 Å². The quantitative estimate of drug-likeness (QED) is 0.218. The fourth-order valence-electron chi connectivity index (χ4n) is 2.13. The van der Waals surface area contributed by atoms with Crippen LogP contribution in [-0.4, -0.2) is 25.6 Å². The molecule has 0 aromatic heterocycles. The fraction of sp³-hybridized carbons (Fsp3) is 0.550. The molecular formula is C20H31AsO4. The molecule has 0 aliphatic carbocycles. The Hall–Kier alpha value is -1.41. The molecule has 0 heterocycles. The Kier molecular flexibility index (Phi) is 16.4. The van der Waals surface area contributed by atoms with Crippen molar-refractivity contribution in [2.24, 2.45) is 0 Å². The molecule has 140 valence electrons. The predicted molar refractivity (Wildman–Crippen MR) is 102 cm³/mol. The molecule has 0 fully saturated rings. The van der Waals surface area contributed by atoms with Crippen LogP contribution in [0.25, 0.3) is 0 Å². The van der Waals surface area contributed by atoms with E-state index >= 15 is 0 Å². The zero-order valence-electron chi connectivity index (χ0n) is 15.2. The Labute approximate surface area is 156 Å². The average Bonchev–Trinajstić information content (AvgIpc) is 2.57. The number of hydrogen-bond acceptors (Lipinski definition) is 3. The van der Waals surface area contributed by atoms with Gasteiger partial charge in [-0.3, -0.25) is 0 Å². The van der Waals surface area contributed by atoms with Gasteiger partial charge in [-0.25, -0.2) is 0 Å². The van der Waals surface area contributed by atoms with Crippen molar-refractivity contribution in [3.63, 3.8) is 0 Å². The molecule has 0 amide bonds. The molecule has 1 unspecified atom stereocenters. The molecule has 1 atom stereocenters. The summed E-state index contributed by atoms with van der Waals surface area (Å²) < 4.78 is 20.5. The molecule has 1 N–H and O–H groups in total. The van der Waals surface area contributed by atoms with Gasteiger partial charge in [-0.05, 0) is 12.8 Å². The van der Waals surface area contributed by atoms with Crippen molar-refractivity contribution in [2.75, 3.05) is 0 Å². The van der Waals surface area contributed by atoms with E-state index < -0.39 is 25.2 Å². The maximum atomic E-state index is 10.8. The van der Waals surface area contributed by atoms with Crippen LogP contribution in [0.5, 0.6) is 0 Å². The van der Waals surface area contributed by atoms with Crippen LogP contribution in [0.4, 0.5) is 0 Å². The third-order valence-corrected chi connectivity index (χ3v) is 5.68. The molecule has 0 radical (unpaired) electrons. The Morgan fingerprint density at radius 1 is 0.840 bits per heavy atom. The first kappa shape index (κ1) is 23.6. The van der Waals surface area contributed by atoms with E-state index in [4.69, 9.17) is 5.11 Å². The summed E-state index contributed by atoms with van der Waals surface area (Å²) in [5, 5.41) is 8.76. The van der Waals surface area contributed by atoms with Crippen LogP contribution in [0, 0.1) is 0 Å². The number of rotatable bonds is 15. The number of allylic oxidation sites excluding steroid dienone is 8. The van der Waals surface area contributed by atoms with Crippen molar-refractivity contribution in [3.05, 3.63) is 48.6 Å². The van der Waals surface area contributed by atoms with Gasteiger partial charge in [0, 0.05) is 0 Å². The van der Waals surface area contributed by atoms with E-state index in [0.29, 0.717) is 6.42 Å². The minimum atomic E-state index is -3.66. The number of hydrogen-bond donors (Lipinski definition) is 1. The van der Waals surface area contributed by atoms with Crippen molar-refractivity contribution < 1.29 is 17.4 Å². The molecule has 0 aliphatic rings. The first-order valence-electron chi connectivity index (χ1n) is 9.05. The number of carboxylic acid groups (broad SMARTS) is 1. The molecule has 5 heteroatoms. The second kappa shape index (κ2) is 17.4. The summed E-state index contributed by atoms with van der Waals surface area (Å²) in [6.07, 6.45) is 25.0. The molecular weight excluding hydrogens is 379 g/mol. The van der Waals surface area contributed by atoms with E-state index in [-0.39, 0.29) is 6.42 Å². The Morgan fingerprint density at radius 2 is 1.32 bits per heavy atom. The van der Waals surface area contributed by atoms with Gasteiger partial charge < -0.3 is 0 Å². The van der Waals surface area contributed by atoms with Crippen molar-refractivity contribution in [2.45, 2.75) is 69.4 Å². The summed E-state index contributed by atoms with van der Waals surface area (Å²) in [5.41, 5.74) is 0. The van der Waals surface area contributed by atoms with E-state index in [0.717, 1.165) is 19.3 Å². The first-order chi connectivity index (χ1) is 12.1. The second-order valence-electron chi connectivity index (χ2n) is 5.81. The van der Waals surface area contributed by atoms with Crippen LogP contribution in [0.1, 0.15) is 64.7 Å². The number of carboxylic acids is 1. The van der Waals surface area contributed by atoms with Crippen LogP contribution in [-0.2, 0) is 12.3 Å². The number of carbonyl (C=O) groups is 1. The maximum absolute atomic E-state index is 10.8. The van der Waals surface area contributed by atoms with Gasteiger partial charge in [0.2, 0.25) is 0 Å². The number of aliphatic carboxylic acids is 1. The SMILES string of the molecule is CCCCC/C=C\C/C=C\C/C=C\C/C=C\CCC(C(=O)O)[As](=O)=O. The van der Waals surface area contributed by atoms with Gasteiger partial charge in [0.1, 0.15) is 0 Å². The third-order valence-electron chi connectivity index (χ3n) is 3.60. The Balaban J connectivity index is 3.68. The first-order valence-corrected chi connectivity index (χ1v) is 11.7. The predicted octanol–water partition coefficient (Wildman–Crippen LogP) is 5.55. The number of unbranched alkanes of at least 4 members (excludes halogenated alkanes) is 3. The molecule has 0 saturated heterocycles. The van der Waals surface area contributed by atoms with Crippen LogP contribution in [0.3, 0.4) is 0 Å². The average molecular weight is 410 g/mol. The molecule has 0 spiro atoms. The van der Waals surface area contributed by atoms with Crippen LogP contribution in [0.15, 0.2) is 48.6 Å². The topological polar surface area (TPSA) is 71.4 Å². The Morgan fingerprint density at radius 3 is 1.76 bits per heavy atom.